The van der Waals surface area contributed by atoms with Crippen molar-refractivity contribution in [1.29, 1.82) is 0 Å². The summed E-state index contributed by atoms with van der Waals surface area (Å²) in [7, 11) is 0. The van der Waals surface area contributed by atoms with Crippen molar-refractivity contribution in [2.24, 2.45) is 11.3 Å². The third kappa shape index (κ3) is 3.87. The average molecular weight is 490 g/mol. The highest BCUT2D eigenvalue weighted by atomic mass is 35.5. The number of nitrogens with zero attached hydrogens (tertiary/aromatic N) is 3. The molecule has 1 atom stereocenters. The Labute approximate surface area is 202 Å². The number of aromatic nitrogens is 1. The second-order valence-electron chi connectivity index (χ2n) is 10.5. The number of hydrogen-bond acceptors (Lipinski definition) is 4. The smallest absolute Gasteiger partial charge is 0.295 e. The lowest BCUT2D eigenvalue weighted by molar-refractivity contribution is 0.0416. The van der Waals surface area contributed by atoms with E-state index in [0.717, 1.165) is 0 Å². The van der Waals surface area contributed by atoms with Crippen LogP contribution in [0.3, 0.4) is 0 Å². The van der Waals surface area contributed by atoms with Crippen LogP contribution in [0.2, 0.25) is 5.02 Å². The number of hydrogen-bond donors (Lipinski definition) is 1. The molecule has 1 aromatic heterocycles. The number of amides is 2. The molecular weight excluding hydrogens is 461 g/mol. The minimum Gasteiger partial charge on any atom is -0.502 e. The van der Waals surface area contributed by atoms with E-state index in [9.17, 15) is 23.9 Å². The van der Waals surface area contributed by atoms with Crippen molar-refractivity contribution < 1.29 is 19.1 Å². The van der Waals surface area contributed by atoms with Gasteiger partial charge in [0.05, 0.1) is 10.6 Å². The predicted molar refractivity (Wildman–Crippen MR) is 127 cm³/mol. The van der Waals surface area contributed by atoms with E-state index in [1.54, 1.807) is 4.90 Å². The van der Waals surface area contributed by atoms with Crippen molar-refractivity contribution in [3.63, 3.8) is 0 Å². The molecule has 2 aliphatic rings. The zero-order chi connectivity index (χ0) is 25.1. The molecule has 3 heterocycles. The second-order valence-corrected chi connectivity index (χ2v) is 10.9. The van der Waals surface area contributed by atoms with Gasteiger partial charge in [-0.3, -0.25) is 19.0 Å². The molecule has 1 unspecified atom stereocenters. The molecule has 1 aromatic carbocycles. The predicted octanol–water partition coefficient (Wildman–Crippen LogP) is 4.20. The minimum atomic E-state index is -0.742. The van der Waals surface area contributed by atoms with Gasteiger partial charge < -0.3 is 14.9 Å². The first-order valence-electron chi connectivity index (χ1n) is 11.4. The standard InChI is InChI=1S/C25H29ClFN3O4/c1-13(2)11-29-22(33)19-15-8-9-28(12-14-6-7-17(27)16(26)10-14)21(32)18(15)20(31)23(34)30(19)24(29)25(3,4)5/h6-7,10,13,24,31H,8-9,11-12H2,1-5H3. The van der Waals surface area contributed by atoms with Crippen LogP contribution in [0.1, 0.15) is 72.8 Å². The normalized spacial score (nSPS) is 18.1. The number of carbonyl (C=O) groups excluding carboxylic acids is 2. The second kappa shape index (κ2) is 8.41. The zero-order valence-corrected chi connectivity index (χ0v) is 20.7. The Morgan fingerprint density at radius 3 is 2.44 bits per heavy atom. The van der Waals surface area contributed by atoms with Gasteiger partial charge in [-0.15, -0.1) is 0 Å². The fourth-order valence-electron chi connectivity index (χ4n) is 5.00. The van der Waals surface area contributed by atoms with Gasteiger partial charge in [-0.1, -0.05) is 52.3 Å². The number of aromatic hydroxyl groups is 1. The van der Waals surface area contributed by atoms with Crippen molar-refractivity contribution in [3.8, 4) is 5.75 Å². The Morgan fingerprint density at radius 1 is 1.18 bits per heavy atom. The highest BCUT2D eigenvalue weighted by Crippen LogP contribution is 2.42. The maximum atomic E-state index is 13.6. The monoisotopic (exact) mass is 489 g/mol. The highest BCUT2D eigenvalue weighted by molar-refractivity contribution is 6.30. The molecule has 0 saturated heterocycles. The van der Waals surface area contributed by atoms with Crippen LogP contribution in [0.15, 0.2) is 23.0 Å². The molecule has 182 valence electrons. The van der Waals surface area contributed by atoms with Gasteiger partial charge in [0, 0.05) is 30.6 Å². The summed E-state index contributed by atoms with van der Waals surface area (Å²) in [5.41, 5.74) is -0.131. The molecule has 2 amide bonds. The van der Waals surface area contributed by atoms with Crippen LogP contribution in [0.5, 0.6) is 5.75 Å². The summed E-state index contributed by atoms with van der Waals surface area (Å²) in [5.74, 6) is -1.86. The van der Waals surface area contributed by atoms with E-state index < -0.39 is 34.6 Å². The minimum absolute atomic E-state index is 0.0506. The van der Waals surface area contributed by atoms with Crippen molar-refractivity contribution >= 4 is 23.4 Å². The van der Waals surface area contributed by atoms with E-state index in [2.05, 4.69) is 0 Å². The van der Waals surface area contributed by atoms with E-state index in [0.29, 0.717) is 24.1 Å². The Balaban J connectivity index is 1.81. The number of benzene rings is 1. The van der Waals surface area contributed by atoms with Crippen molar-refractivity contribution in [2.75, 3.05) is 13.1 Å². The van der Waals surface area contributed by atoms with Crippen LogP contribution in [0.4, 0.5) is 4.39 Å². The summed E-state index contributed by atoms with van der Waals surface area (Å²) in [6, 6.07) is 4.20. The number of pyridine rings is 1. The van der Waals surface area contributed by atoms with Gasteiger partial charge in [0.25, 0.3) is 17.4 Å². The third-order valence-electron chi connectivity index (χ3n) is 6.32. The zero-order valence-electron chi connectivity index (χ0n) is 20.0. The molecule has 0 radical (unpaired) electrons. The van der Waals surface area contributed by atoms with Gasteiger partial charge in [0.15, 0.2) is 5.75 Å². The molecule has 0 saturated carbocycles. The molecular formula is C25H29ClFN3O4. The quantitative estimate of drug-likeness (QED) is 0.697. The summed E-state index contributed by atoms with van der Waals surface area (Å²) >= 11 is 5.87. The lowest BCUT2D eigenvalue weighted by Crippen LogP contribution is -2.42. The number of carbonyl (C=O) groups is 2. The molecule has 0 spiro atoms. The van der Waals surface area contributed by atoms with E-state index in [1.165, 1.54) is 27.7 Å². The first-order valence-corrected chi connectivity index (χ1v) is 11.7. The maximum absolute atomic E-state index is 13.6. The largest absolute Gasteiger partial charge is 0.502 e. The highest BCUT2D eigenvalue weighted by Gasteiger charge is 2.48. The topological polar surface area (TPSA) is 82.9 Å². The van der Waals surface area contributed by atoms with E-state index in [-0.39, 0.29) is 41.2 Å². The Kier molecular flexibility index (Phi) is 6.00. The molecule has 7 nitrogen and oxygen atoms in total. The average Bonchev–Trinajstić information content (AvgIpc) is 3.02. The lowest BCUT2D eigenvalue weighted by atomic mass is 9.90. The molecule has 2 aliphatic heterocycles. The van der Waals surface area contributed by atoms with Gasteiger partial charge in [-0.2, -0.15) is 0 Å². The fourth-order valence-corrected chi connectivity index (χ4v) is 5.20. The molecule has 9 heteroatoms. The first kappa shape index (κ1) is 24.3. The van der Waals surface area contributed by atoms with Gasteiger partial charge in [-0.25, -0.2) is 4.39 Å². The number of rotatable bonds is 4. The fraction of sp³-hybridized carbons (Fsp3) is 0.480. The molecule has 2 aromatic rings. The van der Waals surface area contributed by atoms with Crippen LogP contribution in [-0.4, -0.2) is 44.4 Å². The molecule has 1 N–H and O–H groups in total. The number of fused-ring (bicyclic) bond motifs is 3. The van der Waals surface area contributed by atoms with Gasteiger partial charge in [-0.05, 0) is 30.0 Å². The molecule has 34 heavy (non-hydrogen) atoms. The van der Waals surface area contributed by atoms with Gasteiger partial charge in [0.2, 0.25) is 0 Å². The van der Waals surface area contributed by atoms with Crippen molar-refractivity contribution in [1.82, 2.24) is 14.4 Å². The SMILES string of the molecule is CC(C)CN1C(=O)c2c3c(c(O)c(=O)n2C1C(C)(C)C)C(=O)N(Cc1ccc(F)c(Cl)c1)CC3. The third-order valence-corrected chi connectivity index (χ3v) is 6.61. The maximum Gasteiger partial charge on any atom is 0.295 e. The Morgan fingerprint density at radius 2 is 1.85 bits per heavy atom. The van der Waals surface area contributed by atoms with Crippen LogP contribution < -0.4 is 5.56 Å². The van der Waals surface area contributed by atoms with Crippen LogP contribution in [0.25, 0.3) is 0 Å². The Hall–Kier alpha value is -2.87. The van der Waals surface area contributed by atoms with Crippen LogP contribution in [-0.2, 0) is 13.0 Å². The summed E-state index contributed by atoms with van der Waals surface area (Å²) in [5, 5.41) is 10.8. The van der Waals surface area contributed by atoms with E-state index in [1.807, 2.05) is 34.6 Å². The number of halogens is 2. The van der Waals surface area contributed by atoms with Gasteiger partial charge >= 0.3 is 0 Å². The van der Waals surface area contributed by atoms with Crippen LogP contribution >= 0.6 is 11.6 Å². The summed E-state index contributed by atoms with van der Waals surface area (Å²) in [6.45, 7) is 10.7. The van der Waals surface area contributed by atoms with Gasteiger partial charge in [0.1, 0.15) is 17.7 Å². The molecule has 0 aliphatic carbocycles. The molecule has 4 rings (SSSR count). The van der Waals surface area contributed by atoms with Crippen LogP contribution in [0, 0.1) is 17.2 Å². The van der Waals surface area contributed by atoms with Crippen molar-refractivity contribution in [2.45, 2.75) is 53.8 Å². The van der Waals surface area contributed by atoms with E-state index in [4.69, 9.17) is 11.6 Å². The summed E-state index contributed by atoms with van der Waals surface area (Å²) in [6.07, 6.45) is -0.271. The molecule has 0 bridgehead atoms. The first-order chi connectivity index (χ1) is 15.8. The van der Waals surface area contributed by atoms with Crippen molar-refractivity contribution in [3.05, 3.63) is 61.8 Å². The lowest BCUT2D eigenvalue weighted by Gasteiger charge is -2.36. The van der Waals surface area contributed by atoms with E-state index >= 15 is 0 Å². The Bertz CT molecular complexity index is 1250. The molecule has 0 fully saturated rings. The summed E-state index contributed by atoms with van der Waals surface area (Å²) in [4.78, 5) is 43.5. The summed E-state index contributed by atoms with van der Waals surface area (Å²) < 4.78 is 14.9.